The summed E-state index contributed by atoms with van der Waals surface area (Å²) in [7, 11) is 0. The SMILES string of the molecule is Cc1cc2c3c(c1)N1c4c(cc(C(C)(C)C)cc4C4(C)CCCCC14C)B3c1ccc(N3c4ccc(C(C)(C)C)cc4C4(c5ccccc5)CCCCC34C)cc1N2c1ccc2sc3ccccc3c2c1. The van der Waals surface area contributed by atoms with Crippen LogP contribution in [0, 0.1) is 6.92 Å². The van der Waals surface area contributed by atoms with Gasteiger partial charge in [0.2, 0.25) is 0 Å². The van der Waals surface area contributed by atoms with E-state index >= 15 is 0 Å². The van der Waals surface area contributed by atoms with Gasteiger partial charge in [-0.2, -0.15) is 0 Å². The molecule has 4 unspecified atom stereocenters. The Balaban J connectivity index is 1.07. The maximum absolute atomic E-state index is 2.90. The van der Waals surface area contributed by atoms with Gasteiger partial charge in [-0.15, -0.1) is 11.3 Å². The van der Waals surface area contributed by atoms with E-state index in [0.29, 0.717) is 0 Å². The molecule has 2 saturated carbocycles. The minimum atomic E-state index is -0.191. The predicted molar refractivity (Wildman–Crippen MR) is 306 cm³/mol. The van der Waals surface area contributed by atoms with Gasteiger partial charge < -0.3 is 14.7 Å². The number of hydrogen-bond donors (Lipinski definition) is 0. The van der Waals surface area contributed by atoms with Crippen LogP contribution in [0.2, 0.25) is 0 Å². The van der Waals surface area contributed by atoms with Crippen LogP contribution in [-0.2, 0) is 21.7 Å². The normalized spacial score (nSPS) is 25.0. The molecule has 0 bridgehead atoms. The number of rotatable bonds is 3. The van der Waals surface area contributed by atoms with Crippen LogP contribution < -0.4 is 31.1 Å². The third kappa shape index (κ3) is 5.63. The van der Waals surface area contributed by atoms with Gasteiger partial charge in [-0.1, -0.05) is 153 Å². The molecular formula is C66H68BN3S. The van der Waals surface area contributed by atoms with E-state index in [2.05, 4.69) is 217 Å². The second kappa shape index (κ2) is 14.5. The molecule has 4 aliphatic heterocycles. The molecule has 3 nitrogen and oxygen atoms in total. The highest BCUT2D eigenvalue weighted by atomic mass is 32.1. The first-order chi connectivity index (χ1) is 34.0. The summed E-state index contributed by atoms with van der Waals surface area (Å²) in [6, 6.07) is 53.7. The van der Waals surface area contributed by atoms with E-state index in [9.17, 15) is 0 Å². The first kappa shape index (κ1) is 44.0. The van der Waals surface area contributed by atoms with Crippen molar-refractivity contribution in [3.63, 3.8) is 0 Å². The fourth-order valence-electron chi connectivity index (χ4n) is 15.8. The summed E-state index contributed by atoms with van der Waals surface area (Å²) >= 11 is 1.91. The van der Waals surface area contributed by atoms with E-state index in [4.69, 9.17) is 0 Å². The van der Waals surface area contributed by atoms with Crippen molar-refractivity contribution in [3.05, 3.63) is 167 Å². The topological polar surface area (TPSA) is 9.72 Å². The number of aryl methyl sites for hydroxylation is 1. The molecule has 0 N–H and O–H groups in total. The summed E-state index contributed by atoms with van der Waals surface area (Å²) < 4.78 is 2.69. The zero-order chi connectivity index (χ0) is 48.8. The highest BCUT2D eigenvalue weighted by molar-refractivity contribution is 7.25. The monoisotopic (exact) mass is 946 g/mol. The second-order valence-electron chi connectivity index (χ2n) is 25.4. The van der Waals surface area contributed by atoms with Gasteiger partial charge >= 0.3 is 0 Å². The summed E-state index contributed by atoms with van der Waals surface area (Å²) in [5, 5.41) is 2.68. The molecule has 2 aliphatic carbocycles. The number of thiophene rings is 1. The van der Waals surface area contributed by atoms with Crippen LogP contribution in [0.1, 0.15) is 147 Å². The molecule has 14 rings (SSSR count). The minimum Gasteiger partial charge on any atom is -0.335 e. The Labute approximate surface area is 427 Å². The van der Waals surface area contributed by atoms with Crippen molar-refractivity contribution in [2.24, 2.45) is 0 Å². The van der Waals surface area contributed by atoms with Crippen LogP contribution in [0.15, 0.2) is 133 Å². The maximum Gasteiger partial charge on any atom is 0.252 e. The zero-order valence-electron chi connectivity index (χ0n) is 43.7. The Hall–Kier alpha value is -5.78. The van der Waals surface area contributed by atoms with E-state index in [0.717, 1.165) is 12.8 Å². The summed E-state index contributed by atoms with van der Waals surface area (Å²) in [6.45, 7) is 24.7. The van der Waals surface area contributed by atoms with E-state index in [1.165, 1.54) is 143 Å². The van der Waals surface area contributed by atoms with Gasteiger partial charge in [-0.05, 0) is 162 Å². The van der Waals surface area contributed by atoms with Gasteiger partial charge in [0, 0.05) is 70.8 Å². The number of benzene rings is 7. The molecule has 0 amide bonds. The Bertz CT molecular complexity index is 3570. The lowest BCUT2D eigenvalue weighted by atomic mass is 9.33. The lowest BCUT2D eigenvalue weighted by Gasteiger charge is -2.53. The van der Waals surface area contributed by atoms with Crippen LogP contribution in [0.4, 0.5) is 39.8 Å². The van der Waals surface area contributed by atoms with Crippen LogP contribution in [0.5, 0.6) is 0 Å². The summed E-state index contributed by atoms with van der Waals surface area (Å²) in [6.07, 6.45) is 9.66. The van der Waals surface area contributed by atoms with Crippen molar-refractivity contribution in [3.8, 4) is 0 Å². The molecule has 5 heterocycles. The lowest BCUT2D eigenvalue weighted by Crippen LogP contribution is -2.64. The van der Waals surface area contributed by atoms with E-state index < -0.39 is 0 Å². The molecular weight excluding hydrogens is 878 g/mol. The van der Waals surface area contributed by atoms with Crippen molar-refractivity contribution in [2.45, 2.75) is 153 Å². The van der Waals surface area contributed by atoms with E-state index in [1.807, 2.05) is 11.3 Å². The van der Waals surface area contributed by atoms with Gasteiger partial charge in [0.15, 0.2) is 0 Å². The standard InChI is InChI=1S/C66H68BN3S/c1-41-34-55-59-56(35-41)70-60-50(63(8)30-16-17-31-64(63,70)9)37-44(62(5,6)7)38-52(60)67(59)51-27-25-46(40-54(51)68(55)45-26-29-58-48(39-45)47-22-14-15-23-57(47)71-58)69-53-28-24-43(61(2,3)4)36-49(53)66(42-20-12-11-13-21-42)33-19-18-32-65(66,69)10/h11-15,20-29,34-40H,16-19,30-33H2,1-10H3. The zero-order valence-corrected chi connectivity index (χ0v) is 44.5. The Morgan fingerprint density at radius 2 is 1.18 bits per heavy atom. The third-order valence-corrected chi connectivity index (χ3v) is 20.8. The van der Waals surface area contributed by atoms with Crippen molar-refractivity contribution < 1.29 is 0 Å². The van der Waals surface area contributed by atoms with Gasteiger partial charge in [0.25, 0.3) is 6.71 Å². The molecule has 4 atom stereocenters. The Morgan fingerprint density at radius 3 is 1.97 bits per heavy atom. The molecule has 5 heteroatoms. The summed E-state index contributed by atoms with van der Waals surface area (Å²) in [5.41, 5.74) is 22.2. The van der Waals surface area contributed by atoms with Crippen molar-refractivity contribution in [2.75, 3.05) is 14.7 Å². The lowest BCUT2D eigenvalue weighted by molar-refractivity contribution is 0.195. The molecule has 71 heavy (non-hydrogen) atoms. The molecule has 1 aromatic heterocycles. The van der Waals surface area contributed by atoms with Crippen LogP contribution in [0.3, 0.4) is 0 Å². The van der Waals surface area contributed by atoms with Gasteiger partial charge in [0.05, 0.1) is 11.1 Å². The fourth-order valence-corrected chi connectivity index (χ4v) is 16.9. The Morgan fingerprint density at radius 1 is 0.507 bits per heavy atom. The molecule has 8 aromatic rings. The van der Waals surface area contributed by atoms with Crippen molar-refractivity contribution in [1.82, 2.24) is 0 Å². The largest absolute Gasteiger partial charge is 0.335 e. The molecule has 2 fully saturated rings. The molecule has 356 valence electrons. The molecule has 0 radical (unpaired) electrons. The fraction of sp³-hybridized carbons (Fsp3) is 0.364. The van der Waals surface area contributed by atoms with E-state index in [-0.39, 0.29) is 39.5 Å². The number of nitrogens with zero attached hydrogens (tertiary/aromatic N) is 3. The van der Waals surface area contributed by atoms with E-state index in [1.54, 1.807) is 5.56 Å². The molecule has 7 aromatic carbocycles. The summed E-state index contributed by atoms with van der Waals surface area (Å²) in [5.74, 6) is 0. The number of fused-ring (bicyclic) bond motifs is 13. The van der Waals surface area contributed by atoms with Crippen molar-refractivity contribution >= 4 is 94.4 Å². The average Bonchev–Trinajstić information content (AvgIpc) is 3.91. The molecule has 6 aliphatic rings. The number of hydrogen-bond acceptors (Lipinski definition) is 4. The maximum atomic E-state index is 2.90. The minimum absolute atomic E-state index is 0.000434. The molecule has 0 saturated heterocycles. The van der Waals surface area contributed by atoms with Crippen LogP contribution in [-0.4, -0.2) is 17.8 Å². The third-order valence-electron chi connectivity index (χ3n) is 19.6. The second-order valence-corrected chi connectivity index (χ2v) is 26.5. The first-order valence-electron chi connectivity index (χ1n) is 27.0. The van der Waals surface area contributed by atoms with Gasteiger partial charge in [-0.25, -0.2) is 0 Å². The smallest absolute Gasteiger partial charge is 0.252 e. The first-order valence-corrected chi connectivity index (χ1v) is 27.8. The predicted octanol–water partition coefficient (Wildman–Crippen LogP) is 16.1. The molecule has 0 spiro atoms. The number of anilines is 7. The highest BCUT2D eigenvalue weighted by Crippen LogP contribution is 2.65. The highest BCUT2D eigenvalue weighted by Gasteiger charge is 2.63. The van der Waals surface area contributed by atoms with Gasteiger partial charge in [-0.3, -0.25) is 0 Å². The average molecular weight is 946 g/mol. The Kier molecular flexibility index (Phi) is 8.96. The van der Waals surface area contributed by atoms with Crippen molar-refractivity contribution in [1.29, 1.82) is 0 Å². The van der Waals surface area contributed by atoms with Crippen LogP contribution >= 0.6 is 11.3 Å². The quantitative estimate of drug-likeness (QED) is 0.163. The van der Waals surface area contributed by atoms with Gasteiger partial charge in [0.1, 0.15) is 0 Å². The van der Waals surface area contributed by atoms with Crippen LogP contribution in [0.25, 0.3) is 20.2 Å². The summed E-state index contributed by atoms with van der Waals surface area (Å²) in [4.78, 5) is 8.44.